The zero-order valence-electron chi connectivity index (χ0n) is 21.1. The van der Waals surface area contributed by atoms with Crippen LogP contribution in [-0.4, -0.2) is 6.17 Å². The van der Waals surface area contributed by atoms with Crippen LogP contribution in [0.5, 0.6) is 0 Å². The van der Waals surface area contributed by atoms with Crippen molar-refractivity contribution in [1.82, 2.24) is 0 Å². The van der Waals surface area contributed by atoms with Gasteiger partial charge < -0.3 is 9.80 Å². The number of benzene rings is 3. The number of aryl methyl sites for hydroxylation is 1. The van der Waals surface area contributed by atoms with Crippen LogP contribution in [0.2, 0.25) is 0 Å². The summed E-state index contributed by atoms with van der Waals surface area (Å²) < 4.78 is 0. The van der Waals surface area contributed by atoms with Crippen LogP contribution in [0, 0.1) is 12.3 Å². The van der Waals surface area contributed by atoms with Crippen molar-refractivity contribution in [3.05, 3.63) is 96.1 Å². The lowest BCUT2D eigenvalue weighted by molar-refractivity contribution is 0.171. The highest BCUT2D eigenvalue weighted by molar-refractivity contribution is 5.91. The van der Waals surface area contributed by atoms with Gasteiger partial charge in [0, 0.05) is 22.2 Å². The Bertz CT molecular complexity index is 1250. The predicted molar refractivity (Wildman–Crippen MR) is 142 cm³/mol. The monoisotopic (exact) mass is 436 g/mol. The fourth-order valence-corrected chi connectivity index (χ4v) is 5.88. The standard InChI is InChI=1S/C31H36N2/c1-9-31(8)23-19-18-22(29(3,4)5)20-27(23)33-26-17-13-12-16-25(26)32(28(33)30(31,6)7)24-15-11-10-14-21(24)2/h9-20,28H,1H2,2-8H3. The Balaban J connectivity index is 1.87. The van der Waals surface area contributed by atoms with E-state index in [2.05, 4.69) is 138 Å². The number of anilines is 4. The normalized spacial score (nSPS) is 23.1. The van der Waals surface area contributed by atoms with Crippen molar-refractivity contribution in [2.45, 2.75) is 65.5 Å². The summed E-state index contributed by atoms with van der Waals surface area (Å²) in [4.78, 5) is 5.16. The molecule has 3 aromatic carbocycles. The molecule has 0 aromatic heterocycles. The third-order valence-electron chi connectivity index (χ3n) is 8.34. The van der Waals surface area contributed by atoms with E-state index in [1.165, 1.54) is 39.4 Å². The average molecular weight is 437 g/mol. The van der Waals surface area contributed by atoms with E-state index in [9.17, 15) is 0 Å². The number of allylic oxidation sites excluding steroid dienone is 1. The summed E-state index contributed by atoms with van der Waals surface area (Å²) in [6, 6.07) is 24.7. The minimum atomic E-state index is -0.192. The van der Waals surface area contributed by atoms with Crippen molar-refractivity contribution in [2.24, 2.45) is 5.41 Å². The molecule has 0 bridgehead atoms. The summed E-state index contributed by atoms with van der Waals surface area (Å²) in [7, 11) is 0. The molecule has 2 unspecified atom stereocenters. The maximum atomic E-state index is 4.36. The van der Waals surface area contributed by atoms with Gasteiger partial charge in [0.2, 0.25) is 0 Å². The second-order valence-corrected chi connectivity index (χ2v) is 11.5. The van der Waals surface area contributed by atoms with E-state index >= 15 is 0 Å². The molecule has 2 aliphatic heterocycles. The van der Waals surface area contributed by atoms with Gasteiger partial charge in [-0.25, -0.2) is 0 Å². The van der Waals surface area contributed by atoms with Gasteiger partial charge in [0.15, 0.2) is 0 Å². The molecule has 3 aromatic rings. The number of para-hydroxylation sites is 3. The lowest BCUT2D eigenvalue weighted by Gasteiger charge is -2.57. The summed E-state index contributed by atoms with van der Waals surface area (Å²) >= 11 is 0. The highest BCUT2D eigenvalue weighted by Crippen LogP contribution is 2.63. The van der Waals surface area contributed by atoms with Crippen LogP contribution >= 0.6 is 0 Å². The minimum Gasteiger partial charge on any atom is -0.317 e. The molecule has 0 N–H and O–H groups in total. The van der Waals surface area contributed by atoms with Gasteiger partial charge in [-0.2, -0.15) is 0 Å². The van der Waals surface area contributed by atoms with Crippen LogP contribution in [0.25, 0.3) is 0 Å². The van der Waals surface area contributed by atoms with E-state index in [1.807, 2.05) is 0 Å². The molecule has 2 aliphatic rings. The first-order valence-corrected chi connectivity index (χ1v) is 12.0. The van der Waals surface area contributed by atoms with Gasteiger partial charge in [-0.05, 0) is 53.3 Å². The van der Waals surface area contributed by atoms with Crippen molar-refractivity contribution in [3.63, 3.8) is 0 Å². The molecule has 2 heteroatoms. The number of hydrogen-bond donors (Lipinski definition) is 0. The maximum Gasteiger partial charge on any atom is 0.117 e. The van der Waals surface area contributed by atoms with Gasteiger partial charge in [-0.3, -0.25) is 0 Å². The summed E-state index contributed by atoms with van der Waals surface area (Å²) in [5, 5.41) is 0. The third kappa shape index (κ3) is 2.86. The lowest BCUT2D eigenvalue weighted by Crippen LogP contribution is -2.60. The highest BCUT2D eigenvalue weighted by Gasteiger charge is 2.58. The molecule has 0 fully saturated rings. The molecular formula is C31H36N2. The molecule has 2 atom stereocenters. The van der Waals surface area contributed by atoms with Gasteiger partial charge in [0.1, 0.15) is 6.17 Å². The fraction of sp³-hybridized carbons (Fsp3) is 0.355. The summed E-state index contributed by atoms with van der Waals surface area (Å²) in [5.41, 5.74) is 8.89. The summed E-state index contributed by atoms with van der Waals surface area (Å²) in [5.74, 6) is 0. The van der Waals surface area contributed by atoms with E-state index in [4.69, 9.17) is 0 Å². The van der Waals surface area contributed by atoms with Crippen LogP contribution in [0.4, 0.5) is 22.7 Å². The second-order valence-electron chi connectivity index (χ2n) is 11.5. The Morgan fingerprint density at radius 3 is 1.88 bits per heavy atom. The van der Waals surface area contributed by atoms with Crippen LogP contribution < -0.4 is 9.80 Å². The Labute approximate surface area is 199 Å². The SMILES string of the molecule is C=CC1(C)c2ccc(C(C)(C)C)cc2N2c3ccccc3N(c3ccccc3C)C2C1(C)C. The molecule has 170 valence electrons. The molecule has 0 radical (unpaired) electrons. The molecule has 0 amide bonds. The molecule has 2 heterocycles. The third-order valence-corrected chi connectivity index (χ3v) is 8.34. The van der Waals surface area contributed by atoms with Gasteiger partial charge >= 0.3 is 0 Å². The van der Waals surface area contributed by atoms with E-state index in [0.717, 1.165) is 0 Å². The van der Waals surface area contributed by atoms with Crippen molar-refractivity contribution >= 4 is 22.7 Å². The Morgan fingerprint density at radius 1 is 0.788 bits per heavy atom. The number of fused-ring (bicyclic) bond motifs is 5. The van der Waals surface area contributed by atoms with E-state index < -0.39 is 0 Å². The van der Waals surface area contributed by atoms with Gasteiger partial charge in [-0.15, -0.1) is 6.58 Å². The molecular weight excluding hydrogens is 400 g/mol. The van der Waals surface area contributed by atoms with Crippen LogP contribution in [0.15, 0.2) is 79.4 Å². The van der Waals surface area contributed by atoms with Crippen LogP contribution in [0.3, 0.4) is 0 Å². The van der Waals surface area contributed by atoms with Crippen molar-refractivity contribution in [3.8, 4) is 0 Å². The zero-order valence-corrected chi connectivity index (χ0v) is 21.1. The molecule has 0 spiro atoms. The molecule has 5 rings (SSSR count). The largest absolute Gasteiger partial charge is 0.317 e. The zero-order chi connectivity index (χ0) is 23.8. The van der Waals surface area contributed by atoms with Crippen LogP contribution in [0.1, 0.15) is 58.2 Å². The highest BCUT2D eigenvalue weighted by atomic mass is 15.4. The van der Waals surface area contributed by atoms with E-state index in [0.29, 0.717) is 0 Å². The van der Waals surface area contributed by atoms with E-state index in [-0.39, 0.29) is 22.4 Å². The van der Waals surface area contributed by atoms with Crippen LogP contribution in [-0.2, 0) is 10.8 Å². The summed E-state index contributed by atoms with van der Waals surface area (Å²) in [6.45, 7) is 20.6. The Hall–Kier alpha value is -3.00. The van der Waals surface area contributed by atoms with Gasteiger partial charge in [0.25, 0.3) is 0 Å². The lowest BCUT2D eigenvalue weighted by atomic mass is 9.58. The van der Waals surface area contributed by atoms with Crippen molar-refractivity contribution in [2.75, 3.05) is 9.80 Å². The summed E-state index contributed by atoms with van der Waals surface area (Å²) in [6.07, 6.45) is 2.31. The number of hydrogen-bond acceptors (Lipinski definition) is 2. The van der Waals surface area contributed by atoms with Crippen molar-refractivity contribution < 1.29 is 0 Å². The quantitative estimate of drug-likeness (QED) is 0.372. The molecule has 33 heavy (non-hydrogen) atoms. The minimum absolute atomic E-state index is 0.0804. The first-order valence-electron chi connectivity index (χ1n) is 12.0. The average Bonchev–Trinajstić information content (AvgIpc) is 3.13. The molecule has 2 nitrogen and oxygen atoms in total. The Kier molecular flexibility index (Phi) is 4.63. The smallest absolute Gasteiger partial charge is 0.117 e. The second kappa shape index (κ2) is 7.00. The molecule has 0 saturated carbocycles. The maximum absolute atomic E-state index is 4.36. The first kappa shape index (κ1) is 21.8. The number of nitrogens with zero attached hydrogens (tertiary/aromatic N) is 2. The van der Waals surface area contributed by atoms with Gasteiger partial charge in [0.05, 0.1) is 11.4 Å². The molecule has 0 saturated heterocycles. The number of rotatable bonds is 2. The molecule has 0 aliphatic carbocycles. The fourth-order valence-electron chi connectivity index (χ4n) is 5.88. The topological polar surface area (TPSA) is 6.48 Å². The first-order chi connectivity index (χ1) is 15.5. The van der Waals surface area contributed by atoms with Crippen molar-refractivity contribution in [1.29, 1.82) is 0 Å². The van der Waals surface area contributed by atoms with Gasteiger partial charge in [-0.1, -0.05) is 90.1 Å². The Morgan fingerprint density at radius 2 is 1.33 bits per heavy atom. The van der Waals surface area contributed by atoms with E-state index in [1.54, 1.807) is 0 Å². The predicted octanol–water partition coefficient (Wildman–Crippen LogP) is 8.39.